The highest BCUT2D eigenvalue weighted by atomic mass is 35.5. The van der Waals surface area contributed by atoms with E-state index in [1.807, 2.05) is 36.4 Å². The normalized spacial score (nSPS) is 15.1. The van der Waals surface area contributed by atoms with Crippen molar-refractivity contribution < 1.29 is 13.2 Å². The predicted octanol–water partition coefficient (Wildman–Crippen LogP) is 4.14. The first-order valence-electron chi connectivity index (χ1n) is 11.1. The van der Waals surface area contributed by atoms with Crippen LogP contribution >= 0.6 is 11.6 Å². The largest absolute Gasteiger partial charge is 0.336 e. The molecule has 1 saturated heterocycles. The molecule has 6 nitrogen and oxygen atoms in total. The quantitative estimate of drug-likeness (QED) is 0.513. The molecule has 3 aromatic rings. The van der Waals surface area contributed by atoms with Gasteiger partial charge in [0, 0.05) is 40.3 Å². The Morgan fingerprint density at radius 1 is 0.853 bits per heavy atom. The zero-order valence-corrected chi connectivity index (χ0v) is 20.8. The fraction of sp³-hybridized carbons (Fsp3) is 0.269. The lowest BCUT2D eigenvalue weighted by Gasteiger charge is -2.40. The minimum Gasteiger partial charge on any atom is -0.336 e. The summed E-state index contributed by atoms with van der Waals surface area (Å²) in [5.74, 6) is -0.253. The van der Waals surface area contributed by atoms with Gasteiger partial charge in [0.05, 0.1) is 21.5 Å². The second-order valence-corrected chi connectivity index (χ2v) is 11.0. The van der Waals surface area contributed by atoms with Gasteiger partial charge in [-0.2, -0.15) is 0 Å². The van der Waals surface area contributed by atoms with Gasteiger partial charge in [0.25, 0.3) is 5.91 Å². The van der Waals surface area contributed by atoms with Crippen molar-refractivity contribution in [1.82, 2.24) is 14.1 Å². The SMILES string of the molecule is CN(C)S(=O)(=O)c1ccc(Cl)c(C(=O)N2CCN(C(c3ccccc3)c3ccccc3)CC2)c1. The van der Waals surface area contributed by atoms with Crippen LogP contribution in [0.15, 0.2) is 83.8 Å². The zero-order valence-electron chi connectivity index (χ0n) is 19.3. The van der Waals surface area contributed by atoms with Gasteiger partial charge in [-0.1, -0.05) is 72.3 Å². The minimum absolute atomic E-state index is 0.0529. The van der Waals surface area contributed by atoms with E-state index < -0.39 is 10.0 Å². The number of nitrogens with zero attached hydrogens (tertiary/aromatic N) is 3. The molecule has 1 heterocycles. The van der Waals surface area contributed by atoms with E-state index >= 15 is 0 Å². The molecule has 0 atom stereocenters. The van der Waals surface area contributed by atoms with Crippen LogP contribution in [0.1, 0.15) is 27.5 Å². The van der Waals surface area contributed by atoms with Crippen molar-refractivity contribution in [2.75, 3.05) is 40.3 Å². The maximum absolute atomic E-state index is 13.3. The van der Waals surface area contributed by atoms with Crippen LogP contribution in [-0.2, 0) is 10.0 Å². The Balaban J connectivity index is 1.54. The average molecular weight is 498 g/mol. The lowest BCUT2D eigenvalue weighted by molar-refractivity contribution is 0.0597. The Bertz CT molecular complexity index is 1200. The summed E-state index contributed by atoms with van der Waals surface area (Å²) in [4.78, 5) is 17.5. The van der Waals surface area contributed by atoms with E-state index in [-0.39, 0.29) is 27.4 Å². The van der Waals surface area contributed by atoms with E-state index in [9.17, 15) is 13.2 Å². The predicted molar refractivity (Wildman–Crippen MR) is 135 cm³/mol. The zero-order chi connectivity index (χ0) is 24.3. The number of carbonyl (C=O) groups excluding carboxylic acids is 1. The van der Waals surface area contributed by atoms with Crippen LogP contribution in [0.4, 0.5) is 0 Å². The monoisotopic (exact) mass is 497 g/mol. The van der Waals surface area contributed by atoms with Gasteiger partial charge in [-0.05, 0) is 29.3 Å². The molecule has 4 rings (SSSR count). The van der Waals surface area contributed by atoms with E-state index in [4.69, 9.17) is 11.6 Å². The number of sulfonamides is 1. The van der Waals surface area contributed by atoms with E-state index in [0.717, 1.165) is 4.31 Å². The summed E-state index contributed by atoms with van der Waals surface area (Å²) >= 11 is 6.31. The van der Waals surface area contributed by atoms with Crippen LogP contribution in [0, 0.1) is 0 Å². The topological polar surface area (TPSA) is 60.9 Å². The van der Waals surface area contributed by atoms with Crippen molar-refractivity contribution in [3.8, 4) is 0 Å². The number of carbonyl (C=O) groups is 1. The Labute approximate surface area is 206 Å². The molecule has 34 heavy (non-hydrogen) atoms. The molecule has 1 amide bonds. The van der Waals surface area contributed by atoms with Crippen LogP contribution < -0.4 is 0 Å². The summed E-state index contributed by atoms with van der Waals surface area (Å²) in [6, 6.07) is 25.1. The van der Waals surface area contributed by atoms with Crippen LogP contribution in [0.5, 0.6) is 0 Å². The van der Waals surface area contributed by atoms with Crippen LogP contribution in [0.2, 0.25) is 5.02 Å². The molecule has 0 aromatic heterocycles. The van der Waals surface area contributed by atoms with Gasteiger partial charge < -0.3 is 4.90 Å². The van der Waals surface area contributed by atoms with Gasteiger partial charge in [0.15, 0.2) is 0 Å². The fourth-order valence-corrected chi connectivity index (χ4v) is 5.40. The van der Waals surface area contributed by atoms with Crippen LogP contribution in [-0.4, -0.2) is 68.7 Å². The molecule has 1 aliphatic heterocycles. The highest BCUT2D eigenvalue weighted by Crippen LogP contribution is 2.30. The van der Waals surface area contributed by atoms with Gasteiger partial charge >= 0.3 is 0 Å². The third-order valence-electron chi connectivity index (χ3n) is 6.14. The first-order valence-corrected chi connectivity index (χ1v) is 13.0. The maximum Gasteiger partial charge on any atom is 0.255 e. The Morgan fingerprint density at radius 2 is 1.38 bits per heavy atom. The first kappa shape index (κ1) is 24.4. The van der Waals surface area contributed by atoms with Gasteiger partial charge in [0.1, 0.15) is 0 Å². The third kappa shape index (κ3) is 5.03. The van der Waals surface area contributed by atoms with Crippen LogP contribution in [0.25, 0.3) is 0 Å². The van der Waals surface area contributed by atoms with Gasteiger partial charge in [-0.25, -0.2) is 12.7 Å². The Kier molecular flexibility index (Phi) is 7.38. The molecule has 0 aliphatic carbocycles. The molecule has 0 unspecified atom stereocenters. The van der Waals surface area contributed by atoms with Crippen molar-refractivity contribution in [3.63, 3.8) is 0 Å². The molecule has 8 heteroatoms. The van der Waals surface area contributed by atoms with Crippen molar-refractivity contribution >= 4 is 27.5 Å². The molecule has 3 aromatic carbocycles. The minimum atomic E-state index is -3.67. The van der Waals surface area contributed by atoms with E-state index in [1.165, 1.54) is 43.4 Å². The molecule has 0 spiro atoms. The summed E-state index contributed by atoms with van der Waals surface area (Å²) < 4.78 is 26.2. The lowest BCUT2D eigenvalue weighted by Crippen LogP contribution is -2.50. The number of hydrogen-bond acceptors (Lipinski definition) is 4. The van der Waals surface area contributed by atoms with Crippen LogP contribution in [0.3, 0.4) is 0 Å². The molecule has 0 bridgehead atoms. The van der Waals surface area contributed by atoms with Gasteiger partial charge in [-0.15, -0.1) is 0 Å². The Morgan fingerprint density at radius 3 is 1.88 bits per heavy atom. The maximum atomic E-state index is 13.3. The first-order chi connectivity index (χ1) is 16.3. The van der Waals surface area contributed by atoms with Crippen molar-refractivity contribution in [3.05, 3.63) is 101 Å². The molecule has 0 N–H and O–H groups in total. The fourth-order valence-electron chi connectivity index (χ4n) is 4.28. The highest BCUT2D eigenvalue weighted by Gasteiger charge is 2.30. The summed E-state index contributed by atoms with van der Waals surface area (Å²) in [6.45, 7) is 2.42. The molecule has 178 valence electrons. The van der Waals surface area contributed by atoms with Crippen molar-refractivity contribution in [2.45, 2.75) is 10.9 Å². The molecular formula is C26H28ClN3O3S. The molecule has 1 fully saturated rings. The second kappa shape index (κ2) is 10.3. The summed E-state index contributed by atoms with van der Waals surface area (Å²) in [5, 5.41) is 0.247. The molecular weight excluding hydrogens is 470 g/mol. The summed E-state index contributed by atoms with van der Waals surface area (Å²) in [6.07, 6.45) is 0. The van der Waals surface area contributed by atoms with E-state index in [1.54, 1.807) is 4.90 Å². The number of rotatable bonds is 6. The van der Waals surface area contributed by atoms with Gasteiger partial charge in [-0.3, -0.25) is 9.69 Å². The lowest BCUT2D eigenvalue weighted by atomic mass is 9.96. The average Bonchev–Trinajstić information content (AvgIpc) is 2.85. The van der Waals surface area contributed by atoms with Gasteiger partial charge in [0.2, 0.25) is 10.0 Å². The number of piperazine rings is 1. The summed E-state index contributed by atoms with van der Waals surface area (Å²) in [5.41, 5.74) is 2.62. The number of hydrogen-bond donors (Lipinski definition) is 0. The standard InChI is InChI=1S/C26H28ClN3O3S/c1-28(2)34(32,33)22-13-14-24(27)23(19-22)26(31)30-17-15-29(16-18-30)25(20-9-5-3-6-10-20)21-11-7-4-8-12-21/h3-14,19,25H,15-18H2,1-2H3. The molecule has 1 aliphatic rings. The Hall–Kier alpha value is -2.71. The van der Waals surface area contributed by atoms with Crippen molar-refractivity contribution in [1.29, 1.82) is 0 Å². The third-order valence-corrected chi connectivity index (χ3v) is 8.28. The summed E-state index contributed by atoms with van der Waals surface area (Å²) in [7, 11) is -0.748. The molecule has 0 saturated carbocycles. The van der Waals surface area contributed by atoms with E-state index in [0.29, 0.717) is 26.2 Å². The van der Waals surface area contributed by atoms with E-state index in [2.05, 4.69) is 29.2 Å². The highest BCUT2D eigenvalue weighted by molar-refractivity contribution is 7.89. The second-order valence-electron chi connectivity index (χ2n) is 8.48. The smallest absolute Gasteiger partial charge is 0.255 e. The van der Waals surface area contributed by atoms with Crippen molar-refractivity contribution in [2.24, 2.45) is 0 Å². The molecule has 0 radical (unpaired) electrons. The number of amides is 1. The number of benzene rings is 3. The number of halogens is 1.